The van der Waals surface area contributed by atoms with E-state index in [-0.39, 0.29) is 11.8 Å². The fourth-order valence-corrected chi connectivity index (χ4v) is 1.71. The van der Waals surface area contributed by atoms with Crippen molar-refractivity contribution in [2.24, 2.45) is 5.92 Å². The van der Waals surface area contributed by atoms with Crippen LogP contribution < -0.4 is 5.32 Å². The SMILES string of the molecule is CCC(CC)C(=O)NCCn1cc(Cl)cn1. The molecule has 1 aromatic rings. The number of hydrogen-bond donors (Lipinski definition) is 1. The number of nitrogens with one attached hydrogen (secondary N) is 1. The van der Waals surface area contributed by atoms with Crippen LogP contribution in [0.2, 0.25) is 5.02 Å². The van der Waals surface area contributed by atoms with Crippen molar-refractivity contribution in [3.63, 3.8) is 0 Å². The predicted octanol–water partition coefficient (Wildman–Crippen LogP) is 2.09. The molecule has 0 aliphatic rings. The Hall–Kier alpha value is -1.03. The first-order valence-electron chi connectivity index (χ1n) is 5.63. The van der Waals surface area contributed by atoms with E-state index in [2.05, 4.69) is 10.4 Å². The van der Waals surface area contributed by atoms with Crippen LogP contribution in [0.4, 0.5) is 0 Å². The minimum Gasteiger partial charge on any atom is -0.354 e. The van der Waals surface area contributed by atoms with Gasteiger partial charge in [0, 0.05) is 18.7 Å². The van der Waals surface area contributed by atoms with Gasteiger partial charge < -0.3 is 5.32 Å². The molecular weight excluding hydrogens is 226 g/mol. The van der Waals surface area contributed by atoms with E-state index in [4.69, 9.17) is 11.6 Å². The van der Waals surface area contributed by atoms with E-state index in [0.717, 1.165) is 12.8 Å². The quantitative estimate of drug-likeness (QED) is 0.832. The van der Waals surface area contributed by atoms with Crippen LogP contribution in [0.15, 0.2) is 12.4 Å². The van der Waals surface area contributed by atoms with Crippen LogP contribution in [-0.4, -0.2) is 22.2 Å². The maximum absolute atomic E-state index is 11.6. The minimum absolute atomic E-state index is 0.126. The number of rotatable bonds is 6. The maximum Gasteiger partial charge on any atom is 0.223 e. The molecule has 5 heteroatoms. The van der Waals surface area contributed by atoms with E-state index in [1.165, 1.54) is 0 Å². The highest BCUT2D eigenvalue weighted by Crippen LogP contribution is 2.07. The fraction of sp³-hybridized carbons (Fsp3) is 0.636. The van der Waals surface area contributed by atoms with Gasteiger partial charge in [-0.05, 0) is 12.8 Å². The largest absolute Gasteiger partial charge is 0.354 e. The Labute approximate surface area is 101 Å². The normalized spacial score (nSPS) is 10.8. The molecule has 0 fully saturated rings. The van der Waals surface area contributed by atoms with E-state index in [0.29, 0.717) is 18.1 Å². The van der Waals surface area contributed by atoms with Crippen molar-refractivity contribution in [2.75, 3.05) is 6.54 Å². The third-order valence-corrected chi connectivity index (χ3v) is 2.79. The van der Waals surface area contributed by atoms with Crippen LogP contribution in [0.1, 0.15) is 26.7 Å². The third kappa shape index (κ3) is 3.85. The second-order valence-electron chi connectivity index (χ2n) is 3.73. The summed E-state index contributed by atoms with van der Waals surface area (Å²) in [5.74, 6) is 0.254. The lowest BCUT2D eigenvalue weighted by molar-refractivity contribution is -0.125. The molecule has 16 heavy (non-hydrogen) atoms. The van der Waals surface area contributed by atoms with Crippen LogP contribution in [0.3, 0.4) is 0 Å². The van der Waals surface area contributed by atoms with Crippen LogP contribution >= 0.6 is 11.6 Å². The summed E-state index contributed by atoms with van der Waals surface area (Å²) in [6.07, 6.45) is 5.10. The van der Waals surface area contributed by atoms with Crippen molar-refractivity contribution in [2.45, 2.75) is 33.2 Å². The highest BCUT2D eigenvalue weighted by Gasteiger charge is 2.12. The lowest BCUT2D eigenvalue weighted by Crippen LogP contribution is -2.32. The maximum atomic E-state index is 11.6. The molecule has 4 nitrogen and oxygen atoms in total. The molecule has 0 spiro atoms. The smallest absolute Gasteiger partial charge is 0.223 e. The van der Waals surface area contributed by atoms with Crippen molar-refractivity contribution >= 4 is 17.5 Å². The van der Waals surface area contributed by atoms with Gasteiger partial charge in [0.2, 0.25) is 5.91 Å². The molecule has 0 unspecified atom stereocenters. The standard InChI is InChI=1S/C11H18ClN3O/c1-3-9(4-2)11(16)13-5-6-15-8-10(12)7-14-15/h7-9H,3-6H2,1-2H3,(H,13,16). The molecule has 1 rings (SSSR count). The highest BCUT2D eigenvalue weighted by atomic mass is 35.5. The van der Waals surface area contributed by atoms with Crippen LogP contribution in [0, 0.1) is 5.92 Å². The Kier molecular flexibility index (Phi) is 5.32. The molecule has 0 atom stereocenters. The van der Waals surface area contributed by atoms with E-state index in [9.17, 15) is 4.79 Å². The van der Waals surface area contributed by atoms with Gasteiger partial charge in [-0.3, -0.25) is 9.48 Å². The van der Waals surface area contributed by atoms with E-state index in [1.807, 2.05) is 13.8 Å². The summed E-state index contributed by atoms with van der Waals surface area (Å²) in [5, 5.41) is 7.55. The number of amides is 1. The summed E-state index contributed by atoms with van der Waals surface area (Å²) in [4.78, 5) is 11.6. The van der Waals surface area contributed by atoms with Gasteiger partial charge in [-0.2, -0.15) is 5.10 Å². The van der Waals surface area contributed by atoms with Gasteiger partial charge in [0.15, 0.2) is 0 Å². The Morgan fingerprint density at radius 1 is 1.56 bits per heavy atom. The Balaban J connectivity index is 2.27. The molecule has 0 radical (unpaired) electrons. The molecule has 0 aliphatic carbocycles. The Morgan fingerprint density at radius 3 is 2.75 bits per heavy atom. The average Bonchev–Trinajstić information content (AvgIpc) is 2.66. The number of aromatic nitrogens is 2. The van der Waals surface area contributed by atoms with Gasteiger partial charge >= 0.3 is 0 Å². The van der Waals surface area contributed by atoms with Gasteiger partial charge in [-0.15, -0.1) is 0 Å². The lowest BCUT2D eigenvalue weighted by Gasteiger charge is -2.12. The summed E-state index contributed by atoms with van der Waals surface area (Å²) < 4.78 is 1.72. The zero-order chi connectivity index (χ0) is 12.0. The molecule has 0 saturated carbocycles. The number of nitrogens with zero attached hydrogens (tertiary/aromatic N) is 2. The molecule has 1 aromatic heterocycles. The van der Waals surface area contributed by atoms with Gasteiger partial charge in [0.1, 0.15) is 0 Å². The molecule has 1 amide bonds. The topological polar surface area (TPSA) is 46.9 Å². The summed E-state index contributed by atoms with van der Waals surface area (Å²) in [6, 6.07) is 0. The molecular formula is C11H18ClN3O. The molecule has 1 heterocycles. The number of halogens is 1. The van der Waals surface area contributed by atoms with Gasteiger partial charge in [0.05, 0.1) is 17.8 Å². The number of carbonyl (C=O) groups is 1. The molecule has 0 bridgehead atoms. The monoisotopic (exact) mass is 243 g/mol. The molecule has 1 N–H and O–H groups in total. The average molecular weight is 244 g/mol. The number of carbonyl (C=O) groups excluding carboxylic acids is 1. The zero-order valence-electron chi connectivity index (χ0n) is 9.74. The summed E-state index contributed by atoms with van der Waals surface area (Å²) in [5.41, 5.74) is 0. The highest BCUT2D eigenvalue weighted by molar-refractivity contribution is 6.30. The summed E-state index contributed by atoms with van der Waals surface area (Å²) >= 11 is 5.73. The van der Waals surface area contributed by atoms with Crippen molar-refractivity contribution in [1.82, 2.24) is 15.1 Å². The van der Waals surface area contributed by atoms with Gasteiger partial charge in [-0.25, -0.2) is 0 Å². The molecule has 0 saturated heterocycles. The fourth-order valence-electron chi connectivity index (χ4n) is 1.56. The van der Waals surface area contributed by atoms with Gasteiger partial charge in [0.25, 0.3) is 0 Å². The predicted molar refractivity (Wildman–Crippen MR) is 64.3 cm³/mol. The minimum atomic E-state index is 0.126. The van der Waals surface area contributed by atoms with Crippen LogP contribution in [0.25, 0.3) is 0 Å². The van der Waals surface area contributed by atoms with E-state index in [1.54, 1.807) is 17.1 Å². The first-order valence-corrected chi connectivity index (χ1v) is 6.00. The first kappa shape index (κ1) is 13.0. The Bertz CT molecular complexity index is 334. The van der Waals surface area contributed by atoms with Crippen molar-refractivity contribution in [1.29, 1.82) is 0 Å². The summed E-state index contributed by atoms with van der Waals surface area (Å²) in [6.45, 7) is 5.30. The molecule has 0 aliphatic heterocycles. The lowest BCUT2D eigenvalue weighted by atomic mass is 10.0. The van der Waals surface area contributed by atoms with Crippen molar-refractivity contribution in [3.8, 4) is 0 Å². The van der Waals surface area contributed by atoms with Crippen molar-refractivity contribution in [3.05, 3.63) is 17.4 Å². The van der Waals surface area contributed by atoms with Crippen LogP contribution in [-0.2, 0) is 11.3 Å². The third-order valence-electron chi connectivity index (χ3n) is 2.60. The van der Waals surface area contributed by atoms with E-state index >= 15 is 0 Å². The second-order valence-corrected chi connectivity index (χ2v) is 4.16. The molecule has 0 aromatic carbocycles. The van der Waals surface area contributed by atoms with Crippen LogP contribution in [0.5, 0.6) is 0 Å². The van der Waals surface area contributed by atoms with E-state index < -0.39 is 0 Å². The second kappa shape index (κ2) is 6.53. The summed E-state index contributed by atoms with van der Waals surface area (Å²) in [7, 11) is 0. The molecule has 90 valence electrons. The Morgan fingerprint density at radius 2 is 2.25 bits per heavy atom. The van der Waals surface area contributed by atoms with Crippen molar-refractivity contribution < 1.29 is 4.79 Å². The first-order chi connectivity index (χ1) is 7.67. The number of hydrogen-bond acceptors (Lipinski definition) is 2. The zero-order valence-corrected chi connectivity index (χ0v) is 10.5. The van der Waals surface area contributed by atoms with Gasteiger partial charge in [-0.1, -0.05) is 25.4 Å².